The van der Waals surface area contributed by atoms with Gasteiger partial charge in [0, 0.05) is 31.9 Å². The molecule has 3 heterocycles. The van der Waals surface area contributed by atoms with Crippen LogP contribution in [0.25, 0.3) is 11.1 Å². The van der Waals surface area contributed by atoms with Crippen LogP contribution >= 0.6 is 0 Å². The zero-order chi connectivity index (χ0) is 15.2. The lowest BCUT2D eigenvalue weighted by Crippen LogP contribution is -2.45. The molecule has 118 valence electrons. The topological polar surface area (TPSA) is 50.4 Å². The lowest BCUT2D eigenvalue weighted by atomic mass is 9.71. The van der Waals surface area contributed by atoms with E-state index < -0.39 is 0 Å². The van der Waals surface area contributed by atoms with Crippen LogP contribution in [0.1, 0.15) is 25.7 Å². The van der Waals surface area contributed by atoms with Crippen molar-refractivity contribution in [1.82, 2.24) is 9.88 Å². The van der Waals surface area contributed by atoms with Crippen LogP contribution in [-0.4, -0.2) is 30.7 Å². The van der Waals surface area contributed by atoms with Crippen LogP contribution in [0.15, 0.2) is 27.4 Å². The summed E-state index contributed by atoms with van der Waals surface area (Å²) >= 11 is 0. The van der Waals surface area contributed by atoms with Crippen LogP contribution in [0.3, 0.4) is 0 Å². The number of hydrogen-bond donors (Lipinski definition) is 1. The minimum absolute atomic E-state index is 0.292. The number of nitrogens with one attached hydrogen (secondary N) is 1. The third-order valence-corrected chi connectivity index (χ3v) is 5.63. The van der Waals surface area contributed by atoms with Crippen molar-refractivity contribution in [1.29, 1.82) is 0 Å². The molecule has 2 aromatic rings. The van der Waals surface area contributed by atoms with Crippen molar-refractivity contribution in [3.8, 4) is 0 Å². The van der Waals surface area contributed by atoms with E-state index in [1.54, 1.807) is 11.6 Å². The summed E-state index contributed by atoms with van der Waals surface area (Å²) < 4.78 is 6.87. The molecule has 0 unspecified atom stereocenters. The smallest absolute Gasteiger partial charge is 0.408 e. The van der Waals surface area contributed by atoms with E-state index in [1.165, 1.54) is 44.5 Å². The summed E-state index contributed by atoms with van der Waals surface area (Å²) in [5.41, 5.74) is 3.28. The number of fused-ring (bicyclic) bond motifs is 1. The summed E-state index contributed by atoms with van der Waals surface area (Å²) in [4.78, 5) is 14.0. The van der Waals surface area contributed by atoms with Gasteiger partial charge < -0.3 is 14.6 Å². The van der Waals surface area contributed by atoms with Crippen molar-refractivity contribution in [3.63, 3.8) is 0 Å². The molecule has 1 spiro atoms. The van der Waals surface area contributed by atoms with E-state index in [-0.39, 0.29) is 5.76 Å². The van der Waals surface area contributed by atoms with Crippen LogP contribution in [0, 0.1) is 5.41 Å². The van der Waals surface area contributed by atoms with Crippen LogP contribution in [0.4, 0.5) is 5.69 Å². The summed E-state index contributed by atoms with van der Waals surface area (Å²) in [6.45, 7) is 4.54. The molecule has 5 heteroatoms. The predicted octanol–water partition coefficient (Wildman–Crippen LogP) is 2.10. The summed E-state index contributed by atoms with van der Waals surface area (Å²) in [5, 5.41) is 3.47. The third-order valence-electron chi connectivity index (χ3n) is 5.63. The first-order chi connectivity index (χ1) is 10.7. The number of benzene rings is 1. The first kappa shape index (κ1) is 13.9. The Labute approximate surface area is 129 Å². The molecule has 1 aromatic heterocycles. The van der Waals surface area contributed by atoms with E-state index in [2.05, 4.69) is 16.3 Å². The van der Waals surface area contributed by atoms with Gasteiger partial charge in [-0.2, -0.15) is 0 Å². The number of nitrogens with zero attached hydrogens (tertiary/aromatic N) is 2. The van der Waals surface area contributed by atoms with Gasteiger partial charge in [-0.1, -0.05) is 0 Å². The monoisotopic (exact) mass is 301 g/mol. The van der Waals surface area contributed by atoms with Gasteiger partial charge in [0.15, 0.2) is 5.58 Å². The van der Waals surface area contributed by atoms with E-state index in [9.17, 15) is 4.79 Å². The van der Waals surface area contributed by atoms with Crippen LogP contribution in [0.2, 0.25) is 0 Å². The number of aromatic nitrogens is 1. The summed E-state index contributed by atoms with van der Waals surface area (Å²) in [6.07, 6.45) is 5.16. The lowest BCUT2D eigenvalue weighted by molar-refractivity contribution is 0.155. The number of aryl methyl sites for hydroxylation is 1. The first-order valence-electron chi connectivity index (χ1n) is 8.22. The molecule has 1 aromatic carbocycles. The maximum Gasteiger partial charge on any atom is 0.419 e. The summed E-state index contributed by atoms with van der Waals surface area (Å²) in [7, 11) is 1.75. The molecule has 2 aliphatic heterocycles. The van der Waals surface area contributed by atoms with Gasteiger partial charge in [0.1, 0.15) is 0 Å². The molecule has 0 bridgehead atoms. The Morgan fingerprint density at radius 1 is 1.14 bits per heavy atom. The minimum Gasteiger partial charge on any atom is -0.408 e. The fourth-order valence-corrected chi connectivity index (χ4v) is 4.02. The molecule has 0 saturated carbocycles. The van der Waals surface area contributed by atoms with Gasteiger partial charge in [0.2, 0.25) is 0 Å². The van der Waals surface area contributed by atoms with Crippen molar-refractivity contribution in [2.75, 3.05) is 31.1 Å². The number of oxazole rings is 1. The number of rotatable bonds is 1. The van der Waals surface area contributed by atoms with E-state index in [4.69, 9.17) is 4.42 Å². The Kier molecular flexibility index (Phi) is 3.26. The fourth-order valence-electron chi connectivity index (χ4n) is 4.02. The predicted molar refractivity (Wildman–Crippen MR) is 87.4 cm³/mol. The largest absolute Gasteiger partial charge is 0.419 e. The number of anilines is 1. The van der Waals surface area contributed by atoms with Crippen molar-refractivity contribution in [2.45, 2.75) is 25.7 Å². The van der Waals surface area contributed by atoms with Crippen molar-refractivity contribution < 1.29 is 4.42 Å². The molecule has 4 rings (SSSR count). The molecule has 2 saturated heterocycles. The maximum absolute atomic E-state index is 11.6. The number of piperidine rings is 2. The Morgan fingerprint density at radius 3 is 2.59 bits per heavy atom. The van der Waals surface area contributed by atoms with Gasteiger partial charge in [0.25, 0.3) is 0 Å². The highest BCUT2D eigenvalue weighted by Crippen LogP contribution is 2.40. The van der Waals surface area contributed by atoms with Gasteiger partial charge in [-0.3, -0.25) is 4.57 Å². The Bertz CT molecular complexity index is 730. The molecule has 0 amide bonds. The number of hydrogen-bond acceptors (Lipinski definition) is 4. The van der Waals surface area contributed by atoms with Crippen LogP contribution in [-0.2, 0) is 7.05 Å². The zero-order valence-corrected chi connectivity index (χ0v) is 13.1. The summed E-state index contributed by atoms with van der Waals surface area (Å²) in [6, 6.07) is 6.11. The van der Waals surface area contributed by atoms with Crippen LogP contribution in [0.5, 0.6) is 0 Å². The normalized spacial score (nSPS) is 21.6. The molecule has 2 fully saturated rings. The Hall–Kier alpha value is -1.75. The van der Waals surface area contributed by atoms with Crippen molar-refractivity contribution in [2.24, 2.45) is 12.5 Å². The summed E-state index contributed by atoms with van der Waals surface area (Å²) in [5.74, 6) is -0.292. The van der Waals surface area contributed by atoms with Gasteiger partial charge in [-0.25, -0.2) is 4.79 Å². The first-order valence-corrected chi connectivity index (χ1v) is 8.22. The molecule has 0 radical (unpaired) electrons. The van der Waals surface area contributed by atoms with E-state index in [1.807, 2.05) is 12.1 Å². The molecule has 1 N–H and O–H groups in total. The molecule has 5 nitrogen and oxygen atoms in total. The van der Waals surface area contributed by atoms with Crippen molar-refractivity contribution in [3.05, 3.63) is 28.7 Å². The fraction of sp³-hybridized carbons (Fsp3) is 0.588. The van der Waals surface area contributed by atoms with Gasteiger partial charge in [0.05, 0.1) is 5.52 Å². The van der Waals surface area contributed by atoms with E-state index in [0.29, 0.717) is 11.0 Å². The second kappa shape index (κ2) is 5.16. The average Bonchev–Trinajstić information content (AvgIpc) is 2.83. The van der Waals surface area contributed by atoms with Gasteiger partial charge >= 0.3 is 5.76 Å². The highest BCUT2D eigenvalue weighted by molar-refractivity contribution is 5.77. The molecular weight excluding hydrogens is 278 g/mol. The Morgan fingerprint density at radius 2 is 1.86 bits per heavy atom. The van der Waals surface area contributed by atoms with E-state index in [0.717, 1.165) is 18.6 Å². The van der Waals surface area contributed by atoms with Crippen LogP contribution < -0.4 is 16.0 Å². The standard InChI is InChI=1S/C17H23N3O2/c1-19-14-3-2-13(12-15(14)22-16(19)21)20-10-6-17(7-11-20)4-8-18-9-5-17/h2-3,12,18H,4-11H2,1H3. The Balaban J connectivity index is 1.54. The third kappa shape index (κ3) is 2.24. The highest BCUT2D eigenvalue weighted by Gasteiger charge is 2.35. The molecule has 22 heavy (non-hydrogen) atoms. The van der Waals surface area contributed by atoms with Gasteiger partial charge in [-0.15, -0.1) is 0 Å². The highest BCUT2D eigenvalue weighted by atomic mass is 16.4. The van der Waals surface area contributed by atoms with E-state index >= 15 is 0 Å². The minimum atomic E-state index is -0.292. The molecule has 0 atom stereocenters. The quantitative estimate of drug-likeness (QED) is 0.876. The second-order valence-corrected chi connectivity index (χ2v) is 6.82. The molecular formula is C17H23N3O2. The average molecular weight is 301 g/mol. The lowest BCUT2D eigenvalue weighted by Gasteiger charge is -2.45. The second-order valence-electron chi connectivity index (χ2n) is 6.82. The SMILES string of the molecule is Cn1c(=O)oc2cc(N3CCC4(CCNCC4)CC3)ccc21. The molecule has 2 aliphatic rings. The zero-order valence-electron chi connectivity index (χ0n) is 13.1. The molecule has 0 aliphatic carbocycles. The van der Waals surface area contributed by atoms with Crippen molar-refractivity contribution >= 4 is 16.8 Å². The maximum atomic E-state index is 11.6. The van der Waals surface area contributed by atoms with Gasteiger partial charge in [-0.05, 0) is 56.3 Å².